The molecule has 0 saturated carbocycles. The first kappa shape index (κ1) is 16.4. The van der Waals surface area contributed by atoms with Crippen LogP contribution in [-0.4, -0.2) is 46.4 Å². The maximum atomic E-state index is 12.7. The smallest absolute Gasteiger partial charge is 0.310 e. The van der Waals surface area contributed by atoms with E-state index in [0.717, 1.165) is 29.4 Å². The molecule has 0 N–H and O–H groups in total. The predicted octanol–water partition coefficient (Wildman–Crippen LogP) is 1.97. The van der Waals surface area contributed by atoms with Gasteiger partial charge < -0.3 is 9.64 Å². The summed E-state index contributed by atoms with van der Waals surface area (Å²) in [7, 11) is 1.39. The van der Waals surface area contributed by atoms with Gasteiger partial charge in [0.15, 0.2) is 0 Å². The van der Waals surface area contributed by atoms with Crippen LogP contribution in [0.15, 0.2) is 30.6 Å². The van der Waals surface area contributed by atoms with E-state index in [4.69, 9.17) is 4.74 Å². The standard InChI is InChI=1S/C18H21N3O3/c1-12-3-5-14(18(23)24-2)11-21(12)17(22)10-13-4-6-15-16(9-13)20-8-7-19-15/h4,6-9,12,14H,3,5,10-11H2,1-2H3/t12-,14+/m0/s1. The number of esters is 1. The monoisotopic (exact) mass is 327 g/mol. The van der Waals surface area contributed by atoms with E-state index >= 15 is 0 Å². The number of amides is 1. The number of hydrogen-bond acceptors (Lipinski definition) is 5. The lowest BCUT2D eigenvalue weighted by molar-refractivity contribution is -0.150. The molecule has 24 heavy (non-hydrogen) atoms. The third kappa shape index (κ3) is 3.37. The Morgan fingerprint density at radius 1 is 1.21 bits per heavy atom. The molecule has 0 bridgehead atoms. The van der Waals surface area contributed by atoms with Crippen molar-refractivity contribution in [2.75, 3.05) is 13.7 Å². The molecule has 1 aromatic heterocycles. The van der Waals surface area contributed by atoms with Gasteiger partial charge in [-0.3, -0.25) is 19.6 Å². The molecule has 0 spiro atoms. The molecule has 0 radical (unpaired) electrons. The lowest BCUT2D eigenvalue weighted by Gasteiger charge is -2.37. The molecule has 1 fully saturated rings. The molecular formula is C18H21N3O3. The van der Waals surface area contributed by atoms with Gasteiger partial charge in [0.05, 0.1) is 30.5 Å². The van der Waals surface area contributed by atoms with E-state index in [1.165, 1.54) is 7.11 Å². The molecule has 2 atom stereocenters. The fraction of sp³-hybridized carbons (Fsp3) is 0.444. The van der Waals surface area contributed by atoms with Crippen LogP contribution in [-0.2, 0) is 20.7 Å². The van der Waals surface area contributed by atoms with Crippen molar-refractivity contribution in [1.29, 1.82) is 0 Å². The number of ether oxygens (including phenoxy) is 1. The summed E-state index contributed by atoms with van der Waals surface area (Å²) in [4.78, 5) is 34.8. The third-order valence-corrected chi connectivity index (χ3v) is 4.63. The third-order valence-electron chi connectivity index (χ3n) is 4.63. The lowest BCUT2D eigenvalue weighted by atomic mass is 9.93. The zero-order valence-electron chi connectivity index (χ0n) is 13.9. The van der Waals surface area contributed by atoms with E-state index < -0.39 is 0 Å². The molecule has 2 heterocycles. The second-order valence-corrected chi connectivity index (χ2v) is 6.25. The molecule has 1 aliphatic rings. The van der Waals surface area contributed by atoms with Gasteiger partial charge in [-0.1, -0.05) is 6.07 Å². The fourth-order valence-corrected chi connectivity index (χ4v) is 3.21. The van der Waals surface area contributed by atoms with Gasteiger partial charge in [0.1, 0.15) is 0 Å². The predicted molar refractivity (Wildman–Crippen MR) is 89.2 cm³/mol. The number of methoxy groups -OCH3 is 1. The number of rotatable bonds is 3. The molecule has 1 aromatic carbocycles. The first-order valence-corrected chi connectivity index (χ1v) is 8.15. The van der Waals surface area contributed by atoms with Crippen LogP contribution in [0, 0.1) is 5.92 Å². The maximum absolute atomic E-state index is 12.7. The second kappa shape index (κ2) is 6.95. The summed E-state index contributed by atoms with van der Waals surface area (Å²) in [6, 6.07) is 5.81. The zero-order chi connectivity index (χ0) is 17.1. The first-order valence-electron chi connectivity index (χ1n) is 8.15. The number of carbonyl (C=O) groups excluding carboxylic acids is 2. The number of benzene rings is 1. The van der Waals surface area contributed by atoms with E-state index in [2.05, 4.69) is 9.97 Å². The highest BCUT2D eigenvalue weighted by Gasteiger charge is 2.33. The minimum absolute atomic E-state index is 0.0272. The zero-order valence-corrected chi connectivity index (χ0v) is 13.9. The molecule has 6 heteroatoms. The maximum Gasteiger partial charge on any atom is 0.310 e. The quantitative estimate of drug-likeness (QED) is 0.806. The van der Waals surface area contributed by atoms with Crippen LogP contribution in [0.5, 0.6) is 0 Å². The summed E-state index contributed by atoms with van der Waals surface area (Å²) >= 11 is 0. The normalized spacial score (nSPS) is 20.8. The van der Waals surface area contributed by atoms with Gasteiger partial charge in [-0.25, -0.2) is 0 Å². The summed E-state index contributed by atoms with van der Waals surface area (Å²) in [6.07, 6.45) is 5.17. The van der Waals surface area contributed by atoms with Gasteiger partial charge >= 0.3 is 5.97 Å². The Bertz CT molecular complexity index is 762. The van der Waals surface area contributed by atoms with Gasteiger partial charge in [-0.05, 0) is 37.5 Å². The van der Waals surface area contributed by atoms with Crippen LogP contribution in [0.3, 0.4) is 0 Å². The summed E-state index contributed by atoms with van der Waals surface area (Å²) in [5.41, 5.74) is 2.49. The van der Waals surface area contributed by atoms with E-state index in [1.54, 1.807) is 17.3 Å². The van der Waals surface area contributed by atoms with Crippen LogP contribution in [0.2, 0.25) is 0 Å². The molecule has 3 rings (SSSR count). The van der Waals surface area contributed by atoms with Gasteiger partial charge in [0.25, 0.3) is 0 Å². The minimum atomic E-state index is -0.235. The van der Waals surface area contributed by atoms with Gasteiger partial charge in [0, 0.05) is 25.0 Å². The highest BCUT2D eigenvalue weighted by molar-refractivity contribution is 5.82. The molecule has 1 saturated heterocycles. The molecule has 1 aliphatic heterocycles. The average Bonchev–Trinajstić information content (AvgIpc) is 2.61. The van der Waals surface area contributed by atoms with Crippen molar-refractivity contribution in [2.24, 2.45) is 5.92 Å². The minimum Gasteiger partial charge on any atom is -0.469 e. The summed E-state index contributed by atoms with van der Waals surface area (Å²) in [5, 5.41) is 0. The van der Waals surface area contributed by atoms with Crippen molar-refractivity contribution in [2.45, 2.75) is 32.2 Å². The molecule has 1 amide bonds. The Kier molecular flexibility index (Phi) is 4.74. The van der Waals surface area contributed by atoms with Gasteiger partial charge in [-0.15, -0.1) is 0 Å². The highest BCUT2D eigenvalue weighted by atomic mass is 16.5. The molecule has 6 nitrogen and oxygen atoms in total. The topological polar surface area (TPSA) is 72.4 Å². The Balaban J connectivity index is 1.73. The summed E-state index contributed by atoms with van der Waals surface area (Å²) in [5.74, 6) is -0.433. The Hall–Kier alpha value is -2.50. The number of hydrogen-bond donors (Lipinski definition) is 0. The number of fused-ring (bicyclic) bond motifs is 1. The number of likely N-dealkylation sites (tertiary alicyclic amines) is 1. The Morgan fingerprint density at radius 3 is 2.71 bits per heavy atom. The molecule has 0 unspecified atom stereocenters. The van der Waals surface area contributed by atoms with Crippen LogP contribution in [0.25, 0.3) is 11.0 Å². The highest BCUT2D eigenvalue weighted by Crippen LogP contribution is 2.24. The molecule has 126 valence electrons. The van der Waals surface area contributed by atoms with E-state index in [9.17, 15) is 9.59 Å². The summed E-state index contributed by atoms with van der Waals surface area (Å²) in [6.45, 7) is 2.46. The molecule has 0 aliphatic carbocycles. The van der Waals surface area contributed by atoms with Crippen molar-refractivity contribution in [1.82, 2.24) is 14.9 Å². The van der Waals surface area contributed by atoms with Crippen LogP contribution < -0.4 is 0 Å². The van der Waals surface area contributed by atoms with Gasteiger partial charge in [-0.2, -0.15) is 0 Å². The van der Waals surface area contributed by atoms with Crippen molar-refractivity contribution in [3.8, 4) is 0 Å². The van der Waals surface area contributed by atoms with Crippen molar-refractivity contribution < 1.29 is 14.3 Å². The van der Waals surface area contributed by atoms with Crippen molar-refractivity contribution >= 4 is 22.9 Å². The molecular weight excluding hydrogens is 306 g/mol. The van der Waals surface area contributed by atoms with Crippen LogP contribution in [0.4, 0.5) is 0 Å². The average molecular weight is 327 g/mol. The largest absolute Gasteiger partial charge is 0.469 e. The van der Waals surface area contributed by atoms with E-state index in [1.807, 2.05) is 25.1 Å². The Labute approximate surface area is 140 Å². The number of piperidine rings is 1. The number of aromatic nitrogens is 2. The van der Waals surface area contributed by atoms with Crippen molar-refractivity contribution in [3.05, 3.63) is 36.2 Å². The Morgan fingerprint density at radius 2 is 1.96 bits per heavy atom. The second-order valence-electron chi connectivity index (χ2n) is 6.25. The first-order chi connectivity index (χ1) is 11.6. The fourth-order valence-electron chi connectivity index (χ4n) is 3.21. The van der Waals surface area contributed by atoms with Gasteiger partial charge in [0.2, 0.25) is 5.91 Å². The lowest BCUT2D eigenvalue weighted by Crippen LogP contribution is -2.48. The SMILES string of the molecule is COC(=O)[C@@H]1CC[C@H](C)N(C(=O)Cc2ccc3nccnc3c2)C1. The van der Waals surface area contributed by atoms with E-state index in [0.29, 0.717) is 13.0 Å². The van der Waals surface area contributed by atoms with Crippen LogP contribution in [0.1, 0.15) is 25.3 Å². The number of nitrogens with zero attached hydrogens (tertiary/aromatic N) is 3. The summed E-state index contributed by atoms with van der Waals surface area (Å²) < 4.78 is 4.83. The number of carbonyl (C=O) groups is 2. The van der Waals surface area contributed by atoms with Crippen molar-refractivity contribution in [3.63, 3.8) is 0 Å². The molecule has 2 aromatic rings. The van der Waals surface area contributed by atoms with Crippen LogP contribution >= 0.6 is 0 Å². The van der Waals surface area contributed by atoms with E-state index in [-0.39, 0.29) is 23.8 Å².